The van der Waals surface area contributed by atoms with Crippen LogP contribution in [0.2, 0.25) is 0 Å². The molecule has 2 aromatic rings. The van der Waals surface area contributed by atoms with Crippen molar-refractivity contribution in [2.24, 2.45) is 0 Å². The van der Waals surface area contributed by atoms with E-state index in [0.29, 0.717) is 16.8 Å². The molecule has 1 N–H and O–H groups in total. The fourth-order valence-electron chi connectivity index (χ4n) is 2.35. The van der Waals surface area contributed by atoms with Gasteiger partial charge in [0.2, 0.25) is 0 Å². The Morgan fingerprint density at radius 2 is 1.68 bits per heavy atom. The van der Waals surface area contributed by atoms with Crippen molar-refractivity contribution in [1.82, 2.24) is 0 Å². The molecular weight excluding hydrogens is 280 g/mol. The summed E-state index contributed by atoms with van der Waals surface area (Å²) in [5.41, 5.74) is 4.51. The highest BCUT2D eigenvalue weighted by Gasteiger charge is 2.16. The van der Waals surface area contributed by atoms with Crippen LogP contribution in [0.3, 0.4) is 0 Å². The summed E-state index contributed by atoms with van der Waals surface area (Å²) in [5.74, 6) is -0.260. The smallest absolute Gasteiger partial charge is 0.274 e. The summed E-state index contributed by atoms with van der Waals surface area (Å²) in [6.07, 6.45) is 0. The number of hydrogen-bond acceptors (Lipinski definition) is 3. The largest absolute Gasteiger partial charge is 0.321 e. The van der Waals surface area contributed by atoms with Crippen LogP contribution in [-0.2, 0) is 0 Å². The van der Waals surface area contributed by atoms with E-state index >= 15 is 0 Å². The first-order valence-electron chi connectivity index (χ1n) is 6.94. The number of anilines is 1. The lowest BCUT2D eigenvalue weighted by molar-refractivity contribution is -0.385. The summed E-state index contributed by atoms with van der Waals surface area (Å²) in [6.45, 7) is 7.45. The minimum Gasteiger partial charge on any atom is -0.321 e. The van der Waals surface area contributed by atoms with Crippen molar-refractivity contribution in [3.05, 3.63) is 68.3 Å². The van der Waals surface area contributed by atoms with Crippen LogP contribution in [-0.4, -0.2) is 10.8 Å². The predicted octanol–water partition coefficient (Wildman–Crippen LogP) is 4.08. The first-order valence-corrected chi connectivity index (χ1v) is 6.94. The molecule has 0 atom stereocenters. The molecule has 0 aliphatic heterocycles. The lowest BCUT2D eigenvalue weighted by Crippen LogP contribution is -2.15. The van der Waals surface area contributed by atoms with Crippen LogP contribution in [0, 0.1) is 37.8 Å². The van der Waals surface area contributed by atoms with Crippen LogP contribution in [0.5, 0.6) is 0 Å². The first kappa shape index (κ1) is 15.7. The number of amides is 1. The van der Waals surface area contributed by atoms with Gasteiger partial charge in [-0.2, -0.15) is 0 Å². The second-order valence-corrected chi connectivity index (χ2v) is 5.41. The second-order valence-electron chi connectivity index (χ2n) is 5.41. The Kier molecular flexibility index (Phi) is 4.26. The molecule has 5 nitrogen and oxygen atoms in total. The van der Waals surface area contributed by atoms with Crippen molar-refractivity contribution in [3.63, 3.8) is 0 Å². The molecule has 0 heterocycles. The number of carbonyl (C=O) groups excluding carboxylic acids is 1. The highest BCUT2D eigenvalue weighted by Crippen LogP contribution is 2.26. The van der Waals surface area contributed by atoms with Gasteiger partial charge < -0.3 is 5.32 Å². The van der Waals surface area contributed by atoms with E-state index < -0.39 is 4.92 Å². The number of hydrogen-bond donors (Lipinski definition) is 1. The van der Waals surface area contributed by atoms with Gasteiger partial charge in [0.05, 0.1) is 16.2 Å². The van der Waals surface area contributed by atoms with Gasteiger partial charge in [-0.1, -0.05) is 12.1 Å². The number of carbonyl (C=O) groups is 1. The van der Waals surface area contributed by atoms with E-state index in [1.54, 1.807) is 19.1 Å². The molecule has 2 rings (SSSR count). The molecule has 22 heavy (non-hydrogen) atoms. The Bertz CT molecular complexity index is 767. The highest BCUT2D eigenvalue weighted by atomic mass is 16.6. The molecule has 1 amide bonds. The van der Waals surface area contributed by atoms with Gasteiger partial charge in [-0.15, -0.1) is 0 Å². The van der Waals surface area contributed by atoms with Gasteiger partial charge >= 0.3 is 0 Å². The van der Waals surface area contributed by atoms with Crippen molar-refractivity contribution in [1.29, 1.82) is 0 Å². The van der Waals surface area contributed by atoms with Gasteiger partial charge in [-0.25, -0.2) is 0 Å². The van der Waals surface area contributed by atoms with Crippen molar-refractivity contribution in [3.8, 4) is 0 Å². The maximum Gasteiger partial charge on any atom is 0.274 e. The van der Waals surface area contributed by atoms with Crippen molar-refractivity contribution in [2.45, 2.75) is 27.7 Å². The Balaban J connectivity index is 2.36. The highest BCUT2D eigenvalue weighted by molar-refractivity contribution is 6.06. The van der Waals surface area contributed by atoms with Crippen LogP contribution >= 0.6 is 0 Å². The lowest BCUT2D eigenvalue weighted by Gasteiger charge is -2.12. The fourth-order valence-corrected chi connectivity index (χ4v) is 2.35. The van der Waals surface area contributed by atoms with Crippen molar-refractivity contribution < 1.29 is 9.72 Å². The number of nitrogens with zero attached hydrogens (tertiary/aromatic N) is 1. The van der Waals surface area contributed by atoms with E-state index in [4.69, 9.17) is 0 Å². The number of nitro benzene ring substituents is 1. The van der Waals surface area contributed by atoms with Crippen LogP contribution in [0.4, 0.5) is 11.4 Å². The number of nitro groups is 1. The quantitative estimate of drug-likeness (QED) is 0.685. The van der Waals surface area contributed by atoms with Crippen molar-refractivity contribution >= 4 is 17.3 Å². The minimum absolute atomic E-state index is 0.00499. The summed E-state index contributed by atoms with van der Waals surface area (Å²) in [6, 6.07) is 8.45. The van der Waals surface area contributed by atoms with E-state index in [-0.39, 0.29) is 11.6 Å². The van der Waals surface area contributed by atoms with Crippen LogP contribution in [0.15, 0.2) is 30.3 Å². The molecule has 0 saturated carbocycles. The summed E-state index contributed by atoms with van der Waals surface area (Å²) < 4.78 is 0. The zero-order chi connectivity index (χ0) is 16.4. The van der Waals surface area contributed by atoms with Gasteiger partial charge in [0.1, 0.15) is 0 Å². The first-order chi connectivity index (χ1) is 10.3. The predicted molar refractivity (Wildman–Crippen MR) is 86.4 cm³/mol. The number of aryl methyl sites for hydroxylation is 3. The van der Waals surface area contributed by atoms with E-state index in [2.05, 4.69) is 5.32 Å². The number of benzene rings is 2. The molecule has 0 bridgehead atoms. The monoisotopic (exact) mass is 298 g/mol. The van der Waals surface area contributed by atoms with Gasteiger partial charge in [-0.05, 0) is 56.5 Å². The van der Waals surface area contributed by atoms with Gasteiger partial charge in [0.25, 0.3) is 11.6 Å². The average Bonchev–Trinajstić information content (AvgIpc) is 2.44. The molecule has 114 valence electrons. The third kappa shape index (κ3) is 2.98. The summed E-state index contributed by atoms with van der Waals surface area (Å²) in [5, 5.41) is 13.7. The lowest BCUT2D eigenvalue weighted by atomic mass is 10.00. The minimum atomic E-state index is -0.452. The maximum absolute atomic E-state index is 12.5. The summed E-state index contributed by atoms with van der Waals surface area (Å²) >= 11 is 0. The number of rotatable bonds is 3. The molecule has 2 aromatic carbocycles. The zero-order valence-electron chi connectivity index (χ0n) is 13.1. The van der Waals surface area contributed by atoms with E-state index in [1.807, 2.05) is 32.9 Å². The molecule has 0 unspecified atom stereocenters. The van der Waals surface area contributed by atoms with E-state index in [0.717, 1.165) is 16.7 Å². The number of nitrogens with one attached hydrogen (secondary N) is 1. The molecule has 0 radical (unpaired) electrons. The zero-order valence-corrected chi connectivity index (χ0v) is 13.1. The Labute approximate surface area is 129 Å². The molecule has 0 aliphatic carbocycles. The van der Waals surface area contributed by atoms with Crippen LogP contribution in [0.1, 0.15) is 32.6 Å². The third-order valence-corrected chi connectivity index (χ3v) is 3.84. The van der Waals surface area contributed by atoms with E-state index in [9.17, 15) is 14.9 Å². The van der Waals surface area contributed by atoms with Gasteiger partial charge in [-0.3, -0.25) is 14.9 Å². The molecule has 0 saturated heterocycles. The van der Waals surface area contributed by atoms with Crippen LogP contribution in [0.25, 0.3) is 0 Å². The van der Waals surface area contributed by atoms with Gasteiger partial charge in [0.15, 0.2) is 0 Å². The Morgan fingerprint density at radius 3 is 2.32 bits per heavy atom. The molecule has 5 heteroatoms. The van der Waals surface area contributed by atoms with Crippen molar-refractivity contribution in [2.75, 3.05) is 5.32 Å². The second kappa shape index (κ2) is 5.97. The normalized spacial score (nSPS) is 10.4. The summed E-state index contributed by atoms with van der Waals surface area (Å²) in [7, 11) is 0. The maximum atomic E-state index is 12.5. The summed E-state index contributed by atoms with van der Waals surface area (Å²) in [4.78, 5) is 23.0. The molecule has 0 aromatic heterocycles. The SMILES string of the molecule is Cc1cc(C)c(C(=O)Nc2cccc([N+](=O)[O-])c2C)cc1C. The third-order valence-electron chi connectivity index (χ3n) is 3.84. The van der Waals surface area contributed by atoms with E-state index in [1.165, 1.54) is 6.07 Å². The average molecular weight is 298 g/mol. The molecule has 0 spiro atoms. The van der Waals surface area contributed by atoms with Gasteiger partial charge in [0, 0.05) is 11.6 Å². The topological polar surface area (TPSA) is 72.2 Å². The van der Waals surface area contributed by atoms with Crippen LogP contribution < -0.4 is 5.32 Å². The molecular formula is C17H18N2O3. The standard InChI is InChI=1S/C17H18N2O3/c1-10-8-12(3)14(9-11(10)2)17(20)18-15-6-5-7-16(13(15)4)19(21)22/h5-9H,1-4H3,(H,18,20). The Hall–Kier alpha value is -2.69. The molecule has 0 fully saturated rings. The Morgan fingerprint density at radius 1 is 1.05 bits per heavy atom. The fraction of sp³-hybridized carbons (Fsp3) is 0.235. The molecule has 0 aliphatic rings.